The first-order chi connectivity index (χ1) is 18.5. The van der Waals surface area contributed by atoms with Gasteiger partial charge in [-0.25, -0.2) is 4.99 Å². The molecule has 1 amide bonds. The molecule has 0 saturated carbocycles. The van der Waals surface area contributed by atoms with E-state index >= 15 is 0 Å². The summed E-state index contributed by atoms with van der Waals surface area (Å²) in [6.45, 7) is 0.304. The molecule has 39 heavy (non-hydrogen) atoms. The zero-order chi connectivity index (χ0) is 26.5. The summed E-state index contributed by atoms with van der Waals surface area (Å²) in [6.07, 6.45) is 1.64. The minimum atomic E-state index is -1.14. The Kier molecular flexibility index (Phi) is 9.48. The van der Waals surface area contributed by atoms with Crippen molar-refractivity contribution in [2.75, 3.05) is 7.11 Å². The van der Waals surface area contributed by atoms with Crippen LogP contribution in [0.15, 0.2) is 94.8 Å². The van der Waals surface area contributed by atoms with Crippen molar-refractivity contribution in [3.05, 3.63) is 107 Å². The number of aliphatic carboxylic acids is 1. The van der Waals surface area contributed by atoms with Crippen molar-refractivity contribution in [1.82, 2.24) is 5.32 Å². The van der Waals surface area contributed by atoms with Crippen LogP contribution in [0.3, 0.4) is 0 Å². The summed E-state index contributed by atoms with van der Waals surface area (Å²) in [5, 5.41) is 16.1. The molecule has 0 radical (unpaired) electrons. The van der Waals surface area contributed by atoms with Crippen LogP contribution in [0, 0.1) is 0 Å². The third kappa shape index (κ3) is 7.10. The van der Waals surface area contributed by atoms with Crippen LogP contribution in [0.1, 0.15) is 16.7 Å². The van der Waals surface area contributed by atoms with Crippen LogP contribution in [0.25, 0.3) is 16.8 Å². The van der Waals surface area contributed by atoms with Gasteiger partial charge in [-0.3, -0.25) is 4.79 Å². The van der Waals surface area contributed by atoms with Crippen LogP contribution >= 0.6 is 11.8 Å². The first kappa shape index (κ1) is 28.4. The molecule has 1 aliphatic rings. The summed E-state index contributed by atoms with van der Waals surface area (Å²) in [7, 11) is 1.63. The summed E-state index contributed by atoms with van der Waals surface area (Å²) < 4.78 is 11.7. The number of carboxylic acid groups (broad SMARTS) is 1. The van der Waals surface area contributed by atoms with E-state index in [9.17, 15) is 14.7 Å². The molecule has 1 fully saturated rings. The van der Waals surface area contributed by atoms with Gasteiger partial charge in [-0.15, -0.1) is 0 Å². The molecule has 0 aliphatic carbocycles. The number of fused-ring (bicyclic) bond motifs is 1. The van der Waals surface area contributed by atoms with Crippen molar-refractivity contribution in [2.45, 2.75) is 13.0 Å². The molecule has 7 nitrogen and oxygen atoms in total. The third-order valence-electron chi connectivity index (χ3n) is 5.91. The molecule has 1 aliphatic heterocycles. The van der Waals surface area contributed by atoms with E-state index in [1.165, 1.54) is 11.8 Å². The quantitative estimate of drug-likeness (QED) is 0.266. The Balaban J connectivity index is 0.00000353. The normalized spacial score (nSPS) is 14.7. The molecule has 0 unspecified atom stereocenters. The predicted octanol–water partition coefficient (Wildman–Crippen LogP) is 1.62. The number of methoxy groups -OCH3 is 1. The Bertz CT molecular complexity index is 1580. The number of thioether (sulfide) groups is 1. The molecule has 5 rings (SSSR count). The van der Waals surface area contributed by atoms with Gasteiger partial charge in [-0.2, -0.15) is 0 Å². The van der Waals surface area contributed by atoms with Crippen molar-refractivity contribution in [3.63, 3.8) is 0 Å². The molecular formula is C30H23N2NaO5S. The molecule has 190 valence electrons. The molecule has 0 bridgehead atoms. The molecule has 1 saturated heterocycles. The number of carboxylic acids is 1. The largest absolute Gasteiger partial charge is 1.00 e. The van der Waals surface area contributed by atoms with Crippen molar-refractivity contribution >= 4 is 51.3 Å². The second-order valence-electron chi connectivity index (χ2n) is 8.53. The number of hydrogen-bond donors (Lipinski definition) is 1. The van der Waals surface area contributed by atoms with E-state index in [0.717, 1.165) is 27.6 Å². The molecule has 0 aromatic heterocycles. The topological polar surface area (TPSA) is 100 Å². The number of nitrogens with one attached hydrogen (secondary N) is 1. The van der Waals surface area contributed by atoms with Crippen LogP contribution < -0.4 is 49.5 Å². The van der Waals surface area contributed by atoms with Gasteiger partial charge in [0.15, 0.2) is 5.17 Å². The number of para-hydroxylation sites is 1. The maximum Gasteiger partial charge on any atom is 1.00 e. The first-order valence-electron chi connectivity index (χ1n) is 11.8. The Labute approximate surface area is 252 Å². The summed E-state index contributed by atoms with van der Waals surface area (Å²) >= 11 is 1.23. The van der Waals surface area contributed by atoms with Crippen molar-refractivity contribution in [1.29, 1.82) is 0 Å². The van der Waals surface area contributed by atoms with Gasteiger partial charge >= 0.3 is 29.6 Å². The number of amides is 1. The number of nitrogens with zero attached hydrogens (tertiary/aromatic N) is 1. The average Bonchev–Trinajstić information content (AvgIpc) is 3.26. The zero-order valence-corrected chi connectivity index (χ0v) is 24.3. The maximum absolute atomic E-state index is 12.8. The number of benzene rings is 4. The number of carbonyl (C=O) groups is 2. The van der Waals surface area contributed by atoms with Gasteiger partial charge in [-0.05, 0) is 64.5 Å². The van der Waals surface area contributed by atoms with E-state index in [4.69, 9.17) is 9.47 Å². The van der Waals surface area contributed by atoms with Gasteiger partial charge in [0.1, 0.15) is 18.1 Å². The number of aliphatic imine (C=N–C) groups is 1. The van der Waals surface area contributed by atoms with E-state index in [1.807, 2.05) is 60.7 Å². The number of rotatable bonds is 8. The molecular weight excluding hydrogens is 523 g/mol. The van der Waals surface area contributed by atoms with Crippen LogP contribution in [0.4, 0.5) is 5.69 Å². The number of ether oxygens (including phenoxy) is 2. The second kappa shape index (κ2) is 13.0. The smallest absolute Gasteiger partial charge is 0.550 e. The molecule has 9 heteroatoms. The fraction of sp³-hybridized carbons (Fsp3) is 0.100. The van der Waals surface area contributed by atoms with Gasteiger partial charge in [0.25, 0.3) is 5.91 Å². The standard InChI is InChI=1S/C30H24N2O5S.Na/c1-36-25-9-5-4-8-22(25)18-37-26-16-21-7-3-2-6-20(21)15-23(26)17-27-29(35)32-30(38-27)31-24-12-10-19(11-13-24)14-28(33)34;/h2-13,15-17H,14,18H2,1H3,(H,33,34)(H,31,32,35);/q;+1/p-1. The third-order valence-corrected chi connectivity index (χ3v) is 6.82. The van der Waals surface area contributed by atoms with E-state index in [1.54, 1.807) is 37.5 Å². The fourth-order valence-corrected chi connectivity index (χ4v) is 4.88. The van der Waals surface area contributed by atoms with Gasteiger partial charge in [0.05, 0.1) is 17.7 Å². The Morgan fingerprint density at radius 2 is 1.67 bits per heavy atom. The fourth-order valence-electron chi connectivity index (χ4n) is 4.05. The minimum Gasteiger partial charge on any atom is -0.550 e. The van der Waals surface area contributed by atoms with Gasteiger partial charge in [-0.1, -0.05) is 54.6 Å². The average molecular weight is 547 g/mol. The van der Waals surface area contributed by atoms with Gasteiger partial charge < -0.3 is 24.7 Å². The van der Waals surface area contributed by atoms with Crippen molar-refractivity contribution < 1.29 is 53.7 Å². The minimum absolute atomic E-state index is 0. The zero-order valence-electron chi connectivity index (χ0n) is 21.5. The van der Waals surface area contributed by atoms with Crippen LogP contribution in [-0.2, 0) is 22.6 Å². The van der Waals surface area contributed by atoms with E-state index in [-0.39, 0.29) is 41.9 Å². The molecule has 4 aromatic rings. The van der Waals surface area contributed by atoms with Gasteiger partial charge in [0.2, 0.25) is 0 Å². The Morgan fingerprint density at radius 3 is 2.38 bits per heavy atom. The molecule has 1 heterocycles. The van der Waals surface area contributed by atoms with E-state index in [2.05, 4.69) is 10.3 Å². The molecule has 4 aromatic carbocycles. The number of carbonyl (C=O) groups excluding carboxylic acids is 2. The van der Waals surface area contributed by atoms with Crippen LogP contribution in [-0.4, -0.2) is 24.2 Å². The molecule has 0 spiro atoms. The van der Waals surface area contributed by atoms with Gasteiger partial charge in [0, 0.05) is 23.5 Å². The van der Waals surface area contributed by atoms with E-state index < -0.39 is 5.97 Å². The first-order valence-corrected chi connectivity index (χ1v) is 12.7. The van der Waals surface area contributed by atoms with Crippen molar-refractivity contribution in [3.8, 4) is 11.5 Å². The predicted molar refractivity (Wildman–Crippen MR) is 147 cm³/mol. The molecule has 0 atom stereocenters. The SMILES string of the molecule is COc1ccccc1COc1cc2ccccc2cc1C=C1SC(=Nc2ccc(CC(=O)[O-])cc2)NC1=O.[Na+]. The summed E-state index contributed by atoms with van der Waals surface area (Å²) in [5.74, 6) is -0.0135. The van der Waals surface area contributed by atoms with Crippen molar-refractivity contribution in [2.24, 2.45) is 4.99 Å². The summed E-state index contributed by atoms with van der Waals surface area (Å²) in [5.41, 5.74) is 2.90. The Morgan fingerprint density at radius 1 is 0.974 bits per heavy atom. The van der Waals surface area contributed by atoms with E-state index in [0.29, 0.717) is 33.7 Å². The number of hydrogen-bond acceptors (Lipinski definition) is 7. The summed E-state index contributed by atoms with van der Waals surface area (Å²) in [6, 6.07) is 26.4. The summed E-state index contributed by atoms with van der Waals surface area (Å²) in [4.78, 5) is 28.5. The second-order valence-corrected chi connectivity index (χ2v) is 9.57. The number of amidine groups is 1. The van der Waals surface area contributed by atoms with Crippen LogP contribution in [0.2, 0.25) is 0 Å². The van der Waals surface area contributed by atoms with Crippen LogP contribution in [0.5, 0.6) is 11.5 Å². The molecule has 1 N–H and O–H groups in total. The monoisotopic (exact) mass is 546 g/mol. The Hall–Kier alpha value is -3.56. The maximum atomic E-state index is 12.8.